The van der Waals surface area contributed by atoms with Gasteiger partial charge >= 0.3 is 0 Å². The topological polar surface area (TPSA) is 32.3 Å². The van der Waals surface area contributed by atoms with Gasteiger partial charge in [0.1, 0.15) is 0 Å². The minimum atomic E-state index is -0.109. The Morgan fingerprint density at radius 3 is 2.72 bits per heavy atom. The first-order chi connectivity index (χ1) is 8.49. The summed E-state index contributed by atoms with van der Waals surface area (Å²) in [6.45, 7) is 9.00. The van der Waals surface area contributed by atoms with Gasteiger partial charge in [0.05, 0.1) is 6.04 Å². The highest BCUT2D eigenvalue weighted by atomic mass is 16.2. The molecular weight excluding hydrogens is 224 g/mol. The lowest BCUT2D eigenvalue weighted by Gasteiger charge is -2.24. The van der Waals surface area contributed by atoms with Crippen molar-refractivity contribution in [3.8, 4) is 0 Å². The molecule has 0 aliphatic carbocycles. The van der Waals surface area contributed by atoms with E-state index in [4.69, 9.17) is 0 Å². The summed E-state index contributed by atoms with van der Waals surface area (Å²) >= 11 is 0. The van der Waals surface area contributed by atoms with E-state index in [0.717, 1.165) is 24.2 Å². The number of hydrogen-bond acceptors (Lipinski definition) is 2. The van der Waals surface area contributed by atoms with Crippen molar-refractivity contribution < 1.29 is 4.79 Å². The van der Waals surface area contributed by atoms with E-state index in [-0.39, 0.29) is 11.9 Å². The molecule has 1 aliphatic heterocycles. The Labute approximate surface area is 109 Å². The zero-order valence-electron chi connectivity index (χ0n) is 11.7. The van der Waals surface area contributed by atoms with E-state index < -0.39 is 0 Å². The second-order valence-corrected chi connectivity index (χ2v) is 5.36. The van der Waals surface area contributed by atoms with Crippen LogP contribution >= 0.6 is 0 Å². The Hall–Kier alpha value is -1.35. The Morgan fingerprint density at radius 1 is 1.28 bits per heavy atom. The van der Waals surface area contributed by atoms with E-state index in [1.165, 1.54) is 5.56 Å². The fraction of sp³-hybridized carbons (Fsp3) is 0.533. The number of nitrogens with zero attached hydrogens (tertiary/aromatic N) is 1. The maximum absolute atomic E-state index is 12.4. The van der Waals surface area contributed by atoms with E-state index in [1.54, 1.807) is 0 Å². The molecule has 2 rings (SSSR count). The summed E-state index contributed by atoms with van der Waals surface area (Å²) in [5.74, 6) is 0.174. The maximum atomic E-state index is 12.4. The van der Waals surface area contributed by atoms with E-state index >= 15 is 0 Å². The molecular formula is C15H22N2O. The first-order valence-electron chi connectivity index (χ1n) is 6.63. The van der Waals surface area contributed by atoms with E-state index in [2.05, 4.69) is 44.3 Å². The molecule has 0 saturated carbocycles. The average Bonchev–Trinajstić information content (AvgIpc) is 2.44. The SMILES string of the molecule is Cc1ccc(C)c(N2CCC(C)NC(C)C2=O)c1. The van der Waals surface area contributed by atoms with Crippen molar-refractivity contribution in [2.75, 3.05) is 11.4 Å². The maximum Gasteiger partial charge on any atom is 0.243 e. The Bertz CT molecular complexity index is 456. The van der Waals surface area contributed by atoms with Crippen molar-refractivity contribution in [3.63, 3.8) is 0 Å². The lowest BCUT2D eigenvalue weighted by Crippen LogP contribution is -2.43. The number of hydrogen-bond donors (Lipinski definition) is 1. The highest BCUT2D eigenvalue weighted by molar-refractivity contribution is 5.97. The molecule has 0 spiro atoms. The molecule has 0 bridgehead atoms. The van der Waals surface area contributed by atoms with Crippen LogP contribution in [0.5, 0.6) is 0 Å². The summed E-state index contributed by atoms with van der Waals surface area (Å²) in [6.07, 6.45) is 0.990. The number of benzene rings is 1. The molecule has 1 aromatic rings. The van der Waals surface area contributed by atoms with Gasteiger partial charge in [0, 0.05) is 18.3 Å². The van der Waals surface area contributed by atoms with Crippen LogP contribution in [0.4, 0.5) is 5.69 Å². The van der Waals surface area contributed by atoms with Gasteiger partial charge in [0.2, 0.25) is 5.91 Å². The van der Waals surface area contributed by atoms with E-state index in [9.17, 15) is 4.79 Å². The normalized spacial score (nSPS) is 25.1. The lowest BCUT2D eigenvalue weighted by molar-refractivity contribution is -0.119. The van der Waals surface area contributed by atoms with Crippen LogP contribution in [0, 0.1) is 13.8 Å². The number of amides is 1. The van der Waals surface area contributed by atoms with Gasteiger partial charge in [-0.25, -0.2) is 0 Å². The van der Waals surface area contributed by atoms with Crippen LogP contribution in [0.1, 0.15) is 31.4 Å². The van der Waals surface area contributed by atoms with Crippen LogP contribution in [0.25, 0.3) is 0 Å². The molecule has 1 saturated heterocycles. The van der Waals surface area contributed by atoms with Gasteiger partial charge in [-0.05, 0) is 51.3 Å². The average molecular weight is 246 g/mol. The van der Waals surface area contributed by atoms with Crippen LogP contribution in [0.15, 0.2) is 18.2 Å². The third-order valence-electron chi connectivity index (χ3n) is 3.61. The van der Waals surface area contributed by atoms with Gasteiger partial charge in [0.25, 0.3) is 0 Å². The molecule has 0 radical (unpaired) electrons. The van der Waals surface area contributed by atoms with Gasteiger partial charge in [-0.3, -0.25) is 4.79 Å². The van der Waals surface area contributed by atoms with E-state index in [0.29, 0.717) is 6.04 Å². The minimum Gasteiger partial charge on any atom is -0.311 e. The quantitative estimate of drug-likeness (QED) is 0.825. The summed E-state index contributed by atoms with van der Waals surface area (Å²) in [4.78, 5) is 14.4. The van der Waals surface area contributed by atoms with E-state index in [1.807, 2.05) is 11.8 Å². The molecule has 3 heteroatoms. The summed E-state index contributed by atoms with van der Waals surface area (Å²) in [6, 6.07) is 6.56. The van der Waals surface area contributed by atoms with Gasteiger partial charge < -0.3 is 10.2 Å². The van der Waals surface area contributed by atoms with Gasteiger partial charge in [-0.15, -0.1) is 0 Å². The number of aryl methyl sites for hydroxylation is 2. The minimum absolute atomic E-state index is 0.109. The van der Waals surface area contributed by atoms with Crippen LogP contribution in [0.2, 0.25) is 0 Å². The van der Waals surface area contributed by atoms with Gasteiger partial charge in [0.15, 0.2) is 0 Å². The van der Waals surface area contributed by atoms with Crippen molar-refractivity contribution in [2.24, 2.45) is 0 Å². The Kier molecular flexibility index (Phi) is 3.71. The zero-order chi connectivity index (χ0) is 13.3. The molecule has 1 heterocycles. The number of carbonyl (C=O) groups excluding carboxylic acids is 1. The predicted octanol–water partition coefficient (Wildman–Crippen LogP) is 2.41. The highest BCUT2D eigenvalue weighted by Crippen LogP contribution is 2.24. The van der Waals surface area contributed by atoms with Crippen LogP contribution in [-0.4, -0.2) is 24.5 Å². The van der Waals surface area contributed by atoms with Crippen molar-refractivity contribution >= 4 is 11.6 Å². The van der Waals surface area contributed by atoms with Crippen LogP contribution in [-0.2, 0) is 4.79 Å². The Morgan fingerprint density at radius 2 is 2.00 bits per heavy atom. The summed E-state index contributed by atoms with van der Waals surface area (Å²) < 4.78 is 0. The first kappa shape index (κ1) is 13.1. The predicted molar refractivity (Wildman–Crippen MR) is 74.9 cm³/mol. The molecule has 98 valence electrons. The molecule has 1 aliphatic rings. The molecule has 1 aromatic carbocycles. The van der Waals surface area contributed by atoms with Crippen LogP contribution < -0.4 is 10.2 Å². The number of nitrogens with one attached hydrogen (secondary N) is 1. The largest absolute Gasteiger partial charge is 0.311 e. The lowest BCUT2D eigenvalue weighted by atomic mass is 10.1. The molecule has 18 heavy (non-hydrogen) atoms. The molecule has 3 nitrogen and oxygen atoms in total. The second kappa shape index (κ2) is 5.11. The molecule has 2 atom stereocenters. The third-order valence-corrected chi connectivity index (χ3v) is 3.61. The highest BCUT2D eigenvalue weighted by Gasteiger charge is 2.27. The van der Waals surface area contributed by atoms with Crippen molar-refractivity contribution in [2.45, 2.75) is 46.2 Å². The number of rotatable bonds is 1. The third kappa shape index (κ3) is 2.56. The molecule has 1 N–H and O–H groups in total. The van der Waals surface area contributed by atoms with Crippen molar-refractivity contribution in [1.82, 2.24) is 5.32 Å². The summed E-state index contributed by atoms with van der Waals surface area (Å²) in [5.41, 5.74) is 3.42. The second-order valence-electron chi connectivity index (χ2n) is 5.36. The number of carbonyl (C=O) groups is 1. The summed E-state index contributed by atoms with van der Waals surface area (Å²) in [7, 11) is 0. The molecule has 2 unspecified atom stereocenters. The molecule has 0 aromatic heterocycles. The monoisotopic (exact) mass is 246 g/mol. The first-order valence-corrected chi connectivity index (χ1v) is 6.63. The fourth-order valence-corrected chi connectivity index (χ4v) is 2.50. The van der Waals surface area contributed by atoms with Crippen LogP contribution in [0.3, 0.4) is 0 Å². The number of anilines is 1. The summed E-state index contributed by atoms with van der Waals surface area (Å²) in [5, 5.41) is 3.33. The smallest absolute Gasteiger partial charge is 0.243 e. The van der Waals surface area contributed by atoms with Gasteiger partial charge in [-0.1, -0.05) is 12.1 Å². The fourth-order valence-electron chi connectivity index (χ4n) is 2.50. The zero-order valence-corrected chi connectivity index (χ0v) is 11.7. The molecule has 1 fully saturated rings. The van der Waals surface area contributed by atoms with Gasteiger partial charge in [-0.2, -0.15) is 0 Å². The van der Waals surface area contributed by atoms with Crippen molar-refractivity contribution in [3.05, 3.63) is 29.3 Å². The molecule has 1 amide bonds. The van der Waals surface area contributed by atoms with Crippen molar-refractivity contribution in [1.29, 1.82) is 0 Å². The Balaban J connectivity index is 2.36. The standard InChI is InChI=1S/C15H22N2O/c1-10-5-6-11(2)14(9-10)17-8-7-12(3)16-13(4)15(17)18/h5-6,9,12-13,16H,7-8H2,1-4H3.